The number of hydrogen-bond acceptors (Lipinski definition) is 4. The largest absolute Gasteiger partial charge is 0.497 e. The highest BCUT2D eigenvalue weighted by atomic mass is 16.5. The molecule has 0 saturated carbocycles. The van der Waals surface area contributed by atoms with E-state index in [4.69, 9.17) is 4.74 Å². The number of methoxy groups -OCH3 is 1. The highest BCUT2D eigenvalue weighted by Gasteiger charge is 2.42. The van der Waals surface area contributed by atoms with Crippen molar-refractivity contribution in [1.29, 1.82) is 0 Å². The van der Waals surface area contributed by atoms with Gasteiger partial charge in [0.15, 0.2) is 11.6 Å². The monoisotopic (exact) mass is 298 g/mol. The number of nitrogens with zero attached hydrogens (tertiary/aromatic N) is 4. The molecule has 0 radical (unpaired) electrons. The molecule has 0 unspecified atom stereocenters. The second kappa shape index (κ2) is 4.83. The van der Waals surface area contributed by atoms with E-state index in [1.165, 1.54) is 0 Å². The minimum Gasteiger partial charge on any atom is -0.497 e. The molecule has 1 aromatic heterocycles. The molecular formula is C16H18N4O2. The molecule has 0 aliphatic carbocycles. The zero-order chi connectivity index (χ0) is 15.3. The molecule has 2 atom stereocenters. The Morgan fingerprint density at radius 2 is 2.18 bits per heavy atom. The molecule has 6 nitrogen and oxygen atoms in total. The molecule has 0 N–H and O–H groups in total. The first-order chi connectivity index (χ1) is 10.7. The van der Waals surface area contributed by atoms with Crippen LogP contribution in [-0.2, 0) is 4.79 Å². The number of fused-ring (bicyclic) bond motifs is 3. The molecule has 6 heteroatoms. The predicted octanol–water partition coefficient (Wildman–Crippen LogP) is 2.19. The SMILES string of the molecule is COc1cccc(-c2nnc3n2[C@@H](C)C(=O)N2CCC[C@H]32)c1. The summed E-state index contributed by atoms with van der Waals surface area (Å²) >= 11 is 0. The fourth-order valence-corrected chi connectivity index (χ4v) is 3.52. The first kappa shape index (κ1) is 13.3. The molecule has 1 amide bonds. The lowest BCUT2D eigenvalue weighted by molar-refractivity contribution is -0.137. The summed E-state index contributed by atoms with van der Waals surface area (Å²) in [5.41, 5.74) is 0.921. The van der Waals surface area contributed by atoms with Crippen LogP contribution < -0.4 is 4.74 Å². The molecule has 1 fully saturated rings. The van der Waals surface area contributed by atoms with Crippen LogP contribution in [0.1, 0.15) is 37.7 Å². The van der Waals surface area contributed by atoms with Crippen molar-refractivity contribution in [2.24, 2.45) is 0 Å². The molecule has 4 rings (SSSR count). The second-order valence-electron chi connectivity index (χ2n) is 5.85. The van der Waals surface area contributed by atoms with E-state index in [0.29, 0.717) is 0 Å². The van der Waals surface area contributed by atoms with E-state index in [9.17, 15) is 4.79 Å². The van der Waals surface area contributed by atoms with Crippen molar-refractivity contribution >= 4 is 5.91 Å². The molecule has 3 heterocycles. The van der Waals surface area contributed by atoms with E-state index in [2.05, 4.69) is 10.2 Å². The van der Waals surface area contributed by atoms with E-state index < -0.39 is 0 Å². The van der Waals surface area contributed by atoms with Crippen LogP contribution >= 0.6 is 0 Å². The Morgan fingerprint density at radius 1 is 1.32 bits per heavy atom. The minimum atomic E-state index is -0.263. The Labute approximate surface area is 128 Å². The molecule has 0 spiro atoms. The van der Waals surface area contributed by atoms with Crippen molar-refractivity contribution in [3.63, 3.8) is 0 Å². The van der Waals surface area contributed by atoms with Crippen LogP contribution in [0.25, 0.3) is 11.4 Å². The summed E-state index contributed by atoms with van der Waals surface area (Å²) in [6.07, 6.45) is 2.00. The number of carbonyl (C=O) groups is 1. The zero-order valence-corrected chi connectivity index (χ0v) is 12.7. The van der Waals surface area contributed by atoms with Crippen molar-refractivity contribution in [2.75, 3.05) is 13.7 Å². The highest BCUT2D eigenvalue weighted by Crippen LogP contribution is 2.40. The van der Waals surface area contributed by atoms with Crippen LogP contribution in [0, 0.1) is 0 Å². The summed E-state index contributed by atoms with van der Waals surface area (Å²) in [6.45, 7) is 2.75. The Bertz CT molecular complexity index is 739. The van der Waals surface area contributed by atoms with Gasteiger partial charge in [-0.3, -0.25) is 9.36 Å². The maximum Gasteiger partial charge on any atom is 0.246 e. The maximum atomic E-state index is 12.6. The summed E-state index contributed by atoms with van der Waals surface area (Å²) in [6, 6.07) is 7.53. The smallest absolute Gasteiger partial charge is 0.246 e. The molecule has 2 aliphatic rings. The third kappa shape index (κ3) is 1.76. The molecule has 1 saturated heterocycles. The zero-order valence-electron chi connectivity index (χ0n) is 12.7. The molecule has 22 heavy (non-hydrogen) atoms. The third-order valence-electron chi connectivity index (χ3n) is 4.63. The Hall–Kier alpha value is -2.37. The Kier molecular flexibility index (Phi) is 2.92. The van der Waals surface area contributed by atoms with Gasteiger partial charge in [0.25, 0.3) is 0 Å². The summed E-state index contributed by atoms with van der Waals surface area (Å²) in [5.74, 6) is 2.58. The van der Waals surface area contributed by atoms with Gasteiger partial charge in [0.2, 0.25) is 5.91 Å². The average molecular weight is 298 g/mol. The maximum absolute atomic E-state index is 12.6. The minimum absolute atomic E-state index is 0.0792. The van der Waals surface area contributed by atoms with Crippen molar-refractivity contribution in [1.82, 2.24) is 19.7 Å². The molecule has 0 bridgehead atoms. The first-order valence-corrected chi connectivity index (χ1v) is 7.60. The lowest BCUT2D eigenvalue weighted by Crippen LogP contribution is -2.42. The number of hydrogen-bond donors (Lipinski definition) is 0. The van der Waals surface area contributed by atoms with Crippen molar-refractivity contribution in [3.05, 3.63) is 30.1 Å². The quantitative estimate of drug-likeness (QED) is 0.852. The molecular weight excluding hydrogens is 280 g/mol. The Balaban J connectivity index is 1.85. The second-order valence-corrected chi connectivity index (χ2v) is 5.85. The van der Waals surface area contributed by atoms with E-state index in [1.807, 2.05) is 40.7 Å². The summed E-state index contributed by atoms with van der Waals surface area (Å²) in [4.78, 5) is 14.5. The van der Waals surface area contributed by atoms with Crippen molar-refractivity contribution in [3.8, 4) is 17.1 Å². The number of benzene rings is 1. The van der Waals surface area contributed by atoms with Gasteiger partial charge in [0.1, 0.15) is 11.8 Å². The van der Waals surface area contributed by atoms with Crippen LogP contribution in [0.4, 0.5) is 0 Å². The molecule has 2 aromatic rings. The van der Waals surface area contributed by atoms with Crippen LogP contribution in [-0.4, -0.2) is 39.2 Å². The summed E-state index contributed by atoms with van der Waals surface area (Å²) in [5, 5.41) is 8.76. The predicted molar refractivity (Wildman–Crippen MR) is 80.4 cm³/mol. The summed E-state index contributed by atoms with van der Waals surface area (Å²) < 4.78 is 7.27. The third-order valence-corrected chi connectivity index (χ3v) is 4.63. The number of ether oxygens (including phenoxy) is 1. The fraction of sp³-hybridized carbons (Fsp3) is 0.438. The number of amides is 1. The lowest BCUT2D eigenvalue weighted by atomic mass is 10.1. The normalized spacial score (nSPS) is 23.4. The highest BCUT2D eigenvalue weighted by molar-refractivity contribution is 5.83. The van der Waals surface area contributed by atoms with E-state index in [1.54, 1.807) is 7.11 Å². The van der Waals surface area contributed by atoms with E-state index >= 15 is 0 Å². The molecule has 114 valence electrons. The number of carbonyl (C=O) groups excluding carboxylic acids is 1. The van der Waals surface area contributed by atoms with Crippen molar-refractivity contribution in [2.45, 2.75) is 31.8 Å². The van der Waals surface area contributed by atoms with E-state index in [-0.39, 0.29) is 18.0 Å². The van der Waals surface area contributed by atoms with Crippen LogP contribution in [0.3, 0.4) is 0 Å². The van der Waals surface area contributed by atoms with E-state index in [0.717, 1.165) is 42.3 Å². The topological polar surface area (TPSA) is 60.3 Å². The average Bonchev–Trinajstić information content (AvgIpc) is 3.19. The Morgan fingerprint density at radius 3 is 3.00 bits per heavy atom. The van der Waals surface area contributed by atoms with Gasteiger partial charge in [-0.25, -0.2) is 0 Å². The number of rotatable bonds is 2. The fourth-order valence-electron chi connectivity index (χ4n) is 3.52. The van der Waals surface area contributed by atoms with Gasteiger partial charge in [0, 0.05) is 12.1 Å². The van der Waals surface area contributed by atoms with Gasteiger partial charge in [0.05, 0.1) is 13.2 Å². The standard InChI is InChI=1S/C16H18N4O2/c1-10-16(21)19-8-4-7-13(19)15-18-17-14(20(10)15)11-5-3-6-12(9-11)22-2/h3,5-6,9-10,13H,4,7-8H2,1-2H3/t10-,13+/m0/s1. The van der Waals surface area contributed by atoms with Gasteiger partial charge in [-0.15, -0.1) is 10.2 Å². The lowest BCUT2D eigenvalue weighted by Gasteiger charge is -2.34. The first-order valence-electron chi connectivity index (χ1n) is 7.60. The van der Waals surface area contributed by atoms with Crippen LogP contribution in [0.15, 0.2) is 24.3 Å². The molecule has 1 aromatic carbocycles. The van der Waals surface area contributed by atoms with Crippen molar-refractivity contribution < 1.29 is 9.53 Å². The van der Waals surface area contributed by atoms with Gasteiger partial charge in [-0.05, 0) is 31.9 Å². The van der Waals surface area contributed by atoms with Gasteiger partial charge in [-0.2, -0.15) is 0 Å². The van der Waals surface area contributed by atoms with Gasteiger partial charge < -0.3 is 9.64 Å². The summed E-state index contributed by atoms with van der Waals surface area (Å²) in [7, 11) is 1.64. The van der Waals surface area contributed by atoms with Crippen LogP contribution in [0.5, 0.6) is 5.75 Å². The molecule has 2 aliphatic heterocycles. The van der Waals surface area contributed by atoms with Crippen LogP contribution in [0.2, 0.25) is 0 Å². The van der Waals surface area contributed by atoms with Gasteiger partial charge in [-0.1, -0.05) is 12.1 Å². The number of aromatic nitrogens is 3. The van der Waals surface area contributed by atoms with Gasteiger partial charge >= 0.3 is 0 Å².